The first-order valence-electron chi connectivity index (χ1n) is 6.72. The Morgan fingerprint density at radius 3 is 2.81 bits per heavy atom. The summed E-state index contributed by atoms with van der Waals surface area (Å²) < 4.78 is 43.9. The summed E-state index contributed by atoms with van der Waals surface area (Å²) in [5.41, 5.74) is -0.517. The van der Waals surface area contributed by atoms with E-state index < -0.39 is 11.7 Å². The molecule has 1 unspecified atom stereocenters. The molecule has 21 heavy (non-hydrogen) atoms. The average molecular weight is 297 g/mol. The van der Waals surface area contributed by atoms with E-state index in [2.05, 4.69) is 15.5 Å². The van der Waals surface area contributed by atoms with Crippen LogP contribution < -0.4 is 5.32 Å². The molecule has 0 spiro atoms. The van der Waals surface area contributed by atoms with Crippen LogP contribution in [0.25, 0.3) is 0 Å². The third kappa shape index (κ3) is 3.07. The highest BCUT2D eigenvalue weighted by molar-refractivity contribution is 5.31. The minimum Gasteiger partial charge on any atom is -0.339 e. The Kier molecular flexibility index (Phi) is 3.67. The normalized spacial score (nSPS) is 19.1. The number of hydrogen-bond acceptors (Lipinski definition) is 4. The summed E-state index contributed by atoms with van der Waals surface area (Å²) in [6.07, 6.45) is -3.48. The molecule has 1 aliphatic rings. The number of nitrogens with one attached hydrogen (secondary N) is 1. The zero-order valence-corrected chi connectivity index (χ0v) is 11.2. The van der Waals surface area contributed by atoms with Gasteiger partial charge in [-0.1, -0.05) is 23.4 Å². The van der Waals surface area contributed by atoms with Gasteiger partial charge in [-0.3, -0.25) is 0 Å². The number of alkyl halides is 3. The molecule has 1 saturated heterocycles. The van der Waals surface area contributed by atoms with E-state index in [1.54, 1.807) is 6.07 Å². The number of rotatable bonds is 3. The molecule has 1 atom stereocenters. The fraction of sp³-hybridized carbons (Fsp3) is 0.429. The van der Waals surface area contributed by atoms with Crippen molar-refractivity contribution in [2.24, 2.45) is 0 Å². The topological polar surface area (TPSA) is 51.0 Å². The van der Waals surface area contributed by atoms with Gasteiger partial charge < -0.3 is 9.84 Å². The molecule has 112 valence electrons. The van der Waals surface area contributed by atoms with E-state index in [4.69, 9.17) is 4.52 Å². The molecule has 0 radical (unpaired) electrons. The second-order valence-electron chi connectivity index (χ2n) is 5.07. The van der Waals surface area contributed by atoms with Crippen molar-refractivity contribution in [3.8, 4) is 0 Å². The monoisotopic (exact) mass is 297 g/mol. The van der Waals surface area contributed by atoms with Crippen LogP contribution in [0.4, 0.5) is 13.2 Å². The molecule has 4 nitrogen and oxygen atoms in total. The molecule has 7 heteroatoms. The quantitative estimate of drug-likeness (QED) is 0.946. The first-order chi connectivity index (χ1) is 10.0. The number of halogens is 3. The van der Waals surface area contributed by atoms with E-state index in [9.17, 15) is 13.2 Å². The smallest absolute Gasteiger partial charge is 0.339 e. The van der Waals surface area contributed by atoms with Gasteiger partial charge >= 0.3 is 6.18 Å². The van der Waals surface area contributed by atoms with Crippen LogP contribution in [0.2, 0.25) is 0 Å². The molecule has 0 amide bonds. The zero-order valence-electron chi connectivity index (χ0n) is 11.2. The molecule has 3 rings (SSSR count). The lowest BCUT2D eigenvalue weighted by Gasteiger charge is -2.10. The Balaban J connectivity index is 1.81. The summed E-state index contributed by atoms with van der Waals surface area (Å²) in [4.78, 5) is 4.23. The van der Waals surface area contributed by atoms with Crippen LogP contribution in [-0.4, -0.2) is 23.2 Å². The molecule has 1 aromatic heterocycles. The molecule has 0 bridgehead atoms. The third-order valence-corrected chi connectivity index (χ3v) is 3.57. The lowest BCUT2D eigenvalue weighted by atomic mass is 10.0. The molecular weight excluding hydrogens is 283 g/mol. The summed E-state index contributed by atoms with van der Waals surface area (Å²) in [6, 6.07) is 5.44. The predicted octanol–water partition coefficient (Wildman–Crippen LogP) is 2.76. The second kappa shape index (κ2) is 5.48. The van der Waals surface area contributed by atoms with E-state index >= 15 is 0 Å². The van der Waals surface area contributed by atoms with Gasteiger partial charge in [-0.05, 0) is 24.6 Å². The number of nitrogens with zero attached hydrogens (tertiary/aromatic N) is 2. The van der Waals surface area contributed by atoms with Crippen molar-refractivity contribution in [2.45, 2.75) is 24.9 Å². The molecular formula is C14H14F3N3O. The molecule has 0 aliphatic carbocycles. The van der Waals surface area contributed by atoms with Crippen LogP contribution >= 0.6 is 0 Å². The SMILES string of the molecule is FC(F)(F)c1ccccc1Cc1nc(C2CCNC2)no1. The fourth-order valence-electron chi connectivity index (χ4n) is 2.49. The molecule has 2 heterocycles. The highest BCUT2D eigenvalue weighted by Gasteiger charge is 2.33. The Hall–Kier alpha value is -1.89. The van der Waals surface area contributed by atoms with Gasteiger partial charge in [-0.2, -0.15) is 18.2 Å². The average Bonchev–Trinajstić information content (AvgIpc) is 3.08. The third-order valence-electron chi connectivity index (χ3n) is 3.57. The van der Waals surface area contributed by atoms with Crippen LogP contribution in [0.3, 0.4) is 0 Å². The summed E-state index contributed by atoms with van der Waals surface area (Å²) in [6.45, 7) is 1.67. The van der Waals surface area contributed by atoms with Gasteiger partial charge in [-0.25, -0.2) is 0 Å². The van der Waals surface area contributed by atoms with Gasteiger partial charge in [0.15, 0.2) is 5.82 Å². The molecule has 1 N–H and O–H groups in total. The van der Waals surface area contributed by atoms with Crippen molar-refractivity contribution in [3.63, 3.8) is 0 Å². The minimum atomic E-state index is -4.38. The summed E-state index contributed by atoms with van der Waals surface area (Å²) in [5.74, 6) is 0.966. The van der Waals surface area contributed by atoms with Gasteiger partial charge in [0.05, 0.1) is 12.0 Å². The van der Waals surface area contributed by atoms with Gasteiger partial charge in [-0.15, -0.1) is 0 Å². The summed E-state index contributed by atoms with van der Waals surface area (Å²) in [7, 11) is 0. The summed E-state index contributed by atoms with van der Waals surface area (Å²) >= 11 is 0. The fourth-order valence-corrected chi connectivity index (χ4v) is 2.49. The summed E-state index contributed by atoms with van der Waals surface area (Å²) in [5, 5.41) is 7.07. The maximum Gasteiger partial charge on any atom is 0.416 e. The second-order valence-corrected chi connectivity index (χ2v) is 5.07. The van der Waals surface area contributed by atoms with Crippen molar-refractivity contribution in [3.05, 3.63) is 47.1 Å². The molecule has 1 aromatic carbocycles. The minimum absolute atomic E-state index is 0.0111. The predicted molar refractivity (Wildman–Crippen MR) is 68.8 cm³/mol. The Labute approximate surface area is 119 Å². The maximum atomic E-state index is 12.9. The van der Waals surface area contributed by atoms with Crippen LogP contribution in [0, 0.1) is 0 Å². The van der Waals surface area contributed by atoms with E-state index in [-0.39, 0.29) is 23.8 Å². The van der Waals surface area contributed by atoms with Crippen molar-refractivity contribution >= 4 is 0 Å². The van der Waals surface area contributed by atoms with Crippen LogP contribution in [-0.2, 0) is 12.6 Å². The lowest BCUT2D eigenvalue weighted by molar-refractivity contribution is -0.138. The highest BCUT2D eigenvalue weighted by Crippen LogP contribution is 2.32. The van der Waals surface area contributed by atoms with Crippen molar-refractivity contribution in [1.29, 1.82) is 0 Å². The van der Waals surface area contributed by atoms with Crippen LogP contribution in [0.15, 0.2) is 28.8 Å². The first kappa shape index (κ1) is 14.1. The van der Waals surface area contributed by atoms with Crippen LogP contribution in [0.5, 0.6) is 0 Å². The van der Waals surface area contributed by atoms with Crippen molar-refractivity contribution in [1.82, 2.24) is 15.5 Å². The number of hydrogen-bond donors (Lipinski definition) is 1. The first-order valence-corrected chi connectivity index (χ1v) is 6.72. The van der Waals surface area contributed by atoms with E-state index in [1.807, 2.05) is 0 Å². The Bertz CT molecular complexity index is 618. The molecule has 1 fully saturated rings. The molecule has 0 saturated carbocycles. The van der Waals surface area contributed by atoms with Gasteiger partial charge in [0.1, 0.15) is 0 Å². The molecule has 2 aromatic rings. The Morgan fingerprint density at radius 1 is 1.29 bits per heavy atom. The van der Waals surface area contributed by atoms with Crippen molar-refractivity contribution < 1.29 is 17.7 Å². The molecule has 1 aliphatic heterocycles. The number of aromatic nitrogens is 2. The van der Waals surface area contributed by atoms with Gasteiger partial charge in [0.25, 0.3) is 0 Å². The van der Waals surface area contributed by atoms with Gasteiger partial charge in [0, 0.05) is 12.5 Å². The van der Waals surface area contributed by atoms with Crippen molar-refractivity contribution in [2.75, 3.05) is 13.1 Å². The maximum absolute atomic E-state index is 12.9. The standard InChI is InChI=1S/C14H14F3N3O/c15-14(16,17)11-4-2-1-3-9(11)7-12-19-13(20-21-12)10-5-6-18-8-10/h1-4,10,18H,5-8H2. The Morgan fingerprint density at radius 2 is 2.10 bits per heavy atom. The van der Waals surface area contributed by atoms with E-state index in [0.29, 0.717) is 5.82 Å². The van der Waals surface area contributed by atoms with E-state index in [1.165, 1.54) is 12.1 Å². The lowest BCUT2D eigenvalue weighted by Crippen LogP contribution is -2.10. The highest BCUT2D eigenvalue weighted by atomic mass is 19.4. The zero-order chi connectivity index (χ0) is 14.9. The van der Waals surface area contributed by atoms with Gasteiger partial charge in [0.2, 0.25) is 5.89 Å². The largest absolute Gasteiger partial charge is 0.416 e. The van der Waals surface area contributed by atoms with Crippen LogP contribution in [0.1, 0.15) is 35.2 Å². The number of benzene rings is 1. The van der Waals surface area contributed by atoms with E-state index in [0.717, 1.165) is 25.6 Å².